The number of furan rings is 1. The van der Waals surface area contributed by atoms with Gasteiger partial charge >= 0.3 is 0 Å². The fraction of sp³-hybridized carbons (Fsp3) is 0.429. The molecule has 0 saturated heterocycles. The van der Waals surface area contributed by atoms with E-state index >= 15 is 0 Å². The number of aliphatic imine (C=N–C) groups is 1. The van der Waals surface area contributed by atoms with Gasteiger partial charge in [-0.25, -0.2) is 4.99 Å². The number of nitrogens with two attached hydrogens (primary N) is 1. The van der Waals surface area contributed by atoms with E-state index in [2.05, 4.69) is 40.7 Å². The predicted octanol–water partition coefficient (Wildman–Crippen LogP) is 2.73. The van der Waals surface area contributed by atoms with Crippen LogP contribution in [0.5, 0.6) is 5.75 Å². The number of hydrogen-bond acceptors (Lipinski definition) is 4. The van der Waals surface area contributed by atoms with Crippen LogP contribution in [0.1, 0.15) is 47.2 Å². The van der Waals surface area contributed by atoms with Crippen molar-refractivity contribution in [1.82, 2.24) is 10.6 Å². The number of primary amides is 1. The molecular formula is C21H28N4O3. The van der Waals surface area contributed by atoms with E-state index < -0.39 is 5.91 Å². The lowest BCUT2D eigenvalue weighted by Gasteiger charge is -2.13. The summed E-state index contributed by atoms with van der Waals surface area (Å²) in [6.45, 7) is 6.48. The van der Waals surface area contributed by atoms with Crippen molar-refractivity contribution >= 4 is 11.9 Å². The Morgan fingerprint density at radius 1 is 1.29 bits per heavy atom. The molecule has 28 heavy (non-hydrogen) atoms. The molecule has 1 amide bonds. The van der Waals surface area contributed by atoms with Gasteiger partial charge in [0.25, 0.3) is 5.91 Å². The molecule has 1 heterocycles. The molecule has 3 rings (SSSR count). The van der Waals surface area contributed by atoms with E-state index in [9.17, 15) is 4.79 Å². The van der Waals surface area contributed by atoms with E-state index in [4.69, 9.17) is 14.9 Å². The second-order valence-electron chi connectivity index (χ2n) is 7.04. The number of ether oxygens (including phenoxy) is 1. The van der Waals surface area contributed by atoms with Crippen molar-refractivity contribution in [2.75, 3.05) is 13.2 Å². The average Bonchev–Trinajstić information content (AvgIpc) is 3.38. The molecule has 1 aliphatic carbocycles. The van der Waals surface area contributed by atoms with Crippen LogP contribution in [0.4, 0.5) is 0 Å². The topological polar surface area (TPSA) is 102 Å². The van der Waals surface area contributed by atoms with Crippen LogP contribution in [0.3, 0.4) is 0 Å². The average molecular weight is 384 g/mol. The van der Waals surface area contributed by atoms with E-state index in [-0.39, 0.29) is 5.76 Å². The summed E-state index contributed by atoms with van der Waals surface area (Å²) in [5.74, 6) is 2.45. The summed E-state index contributed by atoms with van der Waals surface area (Å²) >= 11 is 0. The molecule has 0 radical (unpaired) electrons. The summed E-state index contributed by atoms with van der Waals surface area (Å²) in [6, 6.07) is 9.50. The Labute approximate surface area is 165 Å². The van der Waals surface area contributed by atoms with E-state index in [1.165, 1.54) is 18.4 Å². The second-order valence-corrected chi connectivity index (χ2v) is 7.04. The number of rotatable bonds is 9. The van der Waals surface area contributed by atoms with Crippen LogP contribution in [0.25, 0.3) is 0 Å². The van der Waals surface area contributed by atoms with E-state index in [1.807, 2.05) is 6.92 Å². The van der Waals surface area contributed by atoms with Crippen LogP contribution < -0.4 is 21.1 Å². The molecule has 1 aromatic carbocycles. The minimum absolute atomic E-state index is 0.149. The Balaban J connectivity index is 1.63. The van der Waals surface area contributed by atoms with Crippen LogP contribution in [0, 0.1) is 12.8 Å². The Hall–Kier alpha value is -2.96. The van der Waals surface area contributed by atoms with Gasteiger partial charge in [-0.2, -0.15) is 0 Å². The lowest BCUT2D eigenvalue weighted by Crippen LogP contribution is -2.36. The first kappa shape index (κ1) is 19.8. The van der Waals surface area contributed by atoms with Gasteiger partial charge in [-0.1, -0.05) is 12.1 Å². The fourth-order valence-corrected chi connectivity index (χ4v) is 2.70. The molecule has 0 spiro atoms. The summed E-state index contributed by atoms with van der Waals surface area (Å²) in [4.78, 5) is 15.8. The maximum absolute atomic E-state index is 11.1. The van der Waals surface area contributed by atoms with Crippen LogP contribution in [-0.4, -0.2) is 25.0 Å². The number of hydrogen-bond donors (Lipinski definition) is 3. The molecule has 0 atom stereocenters. The molecule has 150 valence electrons. The first-order valence-corrected chi connectivity index (χ1v) is 9.68. The van der Waals surface area contributed by atoms with E-state index in [0.717, 1.165) is 24.5 Å². The number of amides is 1. The molecule has 0 unspecified atom stereocenters. The van der Waals surface area contributed by atoms with Crippen LogP contribution >= 0.6 is 0 Å². The van der Waals surface area contributed by atoms with Crippen LogP contribution in [0.2, 0.25) is 0 Å². The SMILES string of the molecule is CCNC(=NCc1ccc(C)cc1OCC1CC1)NCc1ccc(C(N)=O)o1. The number of benzene rings is 1. The summed E-state index contributed by atoms with van der Waals surface area (Å²) < 4.78 is 11.4. The molecule has 1 aliphatic rings. The van der Waals surface area contributed by atoms with Crippen molar-refractivity contribution in [3.63, 3.8) is 0 Å². The molecule has 7 heteroatoms. The van der Waals surface area contributed by atoms with E-state index in [0.29, 0.717) is 30.7 Å². The zero-order valence-electron chi connectivity index (χ0n) is 16.5. The van der Waals surface area contributed by atoms with Gasteiger partial charge in [0.15, 0.2) is 11.7 Å². The van der Waals surface area contributed by atoms with Gasteiger partial charge < -0.3 is 25.5 Å². The predicted molar refractivity (Wildman–Crippen MR) is 108 cm³/mol. The second kappa shape index (κ2) is 9.30. The summed E-state index contributed by atoms with van der Waals surface area (Å²) in [5, 5.41) is 6.41. The molecule has 0 bridgehead atoms. The number of carbonyl (C=O) groups is 1. The minimum Gasteiger partial charge on any atom is -0.493 e. The zero-order chi connectivity index (χ0) is 19.9. The van der Waals surface area contributed by atoms with Crippen molar-refractivity contribution in [3.8, 4) is 5.75 Å². The van der Waals surface area contributed by atoms with Gasteiger partial charge in [0.2, 0.25) is 0 Å². The van der Waals surface area contributed by atoms with Crippen molar-refractivity contribution < 1.29 is 13.9 Å². The third kappa shape index (κ3) is 5.77. The first-order chi connectivity index (χ1) is 13.5. The van der Waals surface area contributed by atoms with Gasteiger partial charge in [-0.05, 0) is 56.4 Å². The highest BCUT2D eigenvalue weighted by Gasteiger charge is 2.22. The van der Waals surface area contributed by atoms with Gasteiger partial charge in [0, 0.05) is 12.1 Å². The summed E-state index contributed by atoms with van der Waals surface area (Å²) in [6.07, 6.45) is 2.52. The Kier molecular flexibility index (Phi) is 6.57. The quantitative estimate of drug-likeness (QED) is 0.456. The van der Waals surface area contributed by atoms with Crippen LogP contribution in [0.15, 0.2) is 39.7 Å². The number of aryl methyl sites for hydroxylation is 1. The lowest BCUT2D eigenvalue weighted by atomic mass is 10.1. The van der Waals surface area contributed by atoms with Gasteiger partial charge in [-0.3, -0.25) is 4.79 Å². The van der Waals surface area contributed by atoms with Gasteiger partial charge in [0.1, 0.15) is 11.5 Å². The number of nitrogens with one attached hydrogen (secondary N) is 2. The molecule has 2 aromatic rings. The highest BCUT2D eigenvalue weighted by atomic mass is 16.5. The Bertz CT molecular complexity index is 840. The smallest absolute Gasteiger partial charge is 0.284 e. The van der Waals surface area contributed by atoms with Crippen LogP contribution in [-0.2, 0) is 13.1 Å². The van der Waals surface area contributed by atoms with E-state index in [1.54, 1.807) is 12.1 Å². The molecule has 1 saturated carbocycles. The Morgan fingerprint density at radius 2 is 2.11 bits per heavy atom. The molecule has 1 aromatic heterocycles. The molecule has 7 nitrogen and oxygen atoms in total. The summed E-state index contributed by atoms with van der Waals surface area (Å²) in [7, 11) is 0. The molecular weight excluding hydrogens is 356 g/mol. The van der Waals surface area contributed by atoms with Crippen molar-refractivity contribution in [3.05, 3.63) is 53.0 Å². The zero-order valence-corrected chi connectivity index (χ0v) is 16.5. The number of guanidine groups is 1. The first-order valence-electron chi connectivity index (χ1n) is 9.68. The standard InChI is InChI=1S/C21H28N4O3/c1-3-23-21(25-12-17-8-9-18(28-17)20(22)26)24-11-16-7-4-14(2)10-19(16)27-13-15-5-6-15/h4,7-10,15H,3,5-6,11-13H2,1-2H3,(H2,22,26)(H2,23,24,25). The molecule has 4 N–H and O–H groups in total. The number of carbonyl (C=O) groups excluding carboxylic acids is 1. The maximum atomic E-state index is 11.1. The highest BCUT2D eigenvalue weighted by molar-refractivity contribution is 5.89. The normalized spacial score (nSPS) is 14.0. The number of nitrogens with zero attached hydrogens (tertiary/aromatic N) is 1. The summed E-state index contributed by atoms with van der Waals surface area (Å²) in [5.41, 5.74) is 7.44. The minimum atomic E-state index is -0.579. The third-order valence-corrected chi connectivity index (χ3v) is 4.48. The van der Waals surface area contributed by atoms with Gasteiger partial charge in [-0.15, -0.1) is 0 Å². The molecule has 0 aliphatic heterocycles. The lowest BCUT2D eigenvalue weighted by molar-refractivity contribution is 0.0972. The maximum Gasteiger partial charge on any atom is 0.284 e. The fourth-order valence-electron chi connectivity index (χ4n) is 2.70. The van der Waals surface area contributed by atoms with Crippen molar-refractivity contribution in [2.24, 2.45) is 16.6 Å². The third-order valence-electron chi connectivity index (χ3n) is 4.48. The van der Waals surface area contributed by atoms with Crippen molar-refractivity contribution in [1.29, 1.82) is 0 Å². The van der Waals surface area contributed by atoms with Gasteiger partial charge in [0.05, 0.1) is 19.7 Å². The van der Waals surface area contributed by atoms with Crippen molar-refractivity contribution in [2.45, 2.75) is 39.8 Å². The Morgan fingerprint density at radius 3 is 2.79 bits per heavy atom. The molecule has 1 fully saturated rings. The monoisotopic (exact) mass is 384 g/mol. The largest absolute Gasteiger partial charge is 0.493 e. The highest BCUT2D eigenvalue weighted by Crippen LogP contribution is 2.30.